The van der Waals surface area contributed by atoms with Crippen molar-refractivity contribution in [3.63, 3.8) is 0 Å². The molecule has 1 aliphatic rings. The zero-order valence-corrected chi connectivity index (χ0v) is 17.4. The largest absolute Gasteiger partial charge is 0.366 e. The molecule has 1 N–H and O–H groups in total. The fraction of sp³-hybridized carbons (Fsp3) is 0.375. The van der Waals surface area contributed by atoms with Crippen LogP contribution < -0.4 is 5.32 Å². The molecule has 5 nitrogen and oxygen atoms in total. The summed E-state index contributed by atoms with van der Waals surface area (Å²) in [6.07, 6.45) is 5.77. The third-order valence-electron chi connectivity index (χ3n) is 5.69. The maximum Gasteiger partial charge on any atom is 0.180 e. The molecule has 5 heteroatoms. The number of rotatable bonds is 6. The molecule has 150 valence electrons. The van der Waals surface area contributed by atoms with Gasteiger partial charge in [0, 0.05) is 30.5 Å². The van der Waals surface area contributed by atoms with Crippen LogP contribution in [0, 0.1) is 13.8 Å². The maximum absolute atomic E-state index is 4.77. The van der Waals surface area contributed by atoms with Gasteiger partial charge in [0.2, 0.25) is 0 Å². The molecule has 0 radical (unpaired) electrons. The number of aromatic nitrogens is 3. The third-order valence-corrected chi connectivity index (χ3v) is 5.69. The highest BCUT2D eigenvalue weighted by Gasteiger charge is 2.14. The topological polar surface area (TPSA) is 53.9 Å². The number of piperidine rings is 1. The van der Waals surface area contributed by atoms with Gasteiger partial charge < -0.3 is 5.32 Å². The van der Waals surface area contributed by atoms with Crippen LogP contribution in [0.4, 0.5) is 5.82 Å². The Morgan fingerprint density at radius 1 is 0.897 bits per heavy atom. The SMILES string of the molecule is Cc1nc(-c2ccccn2)nc(NCc2ccccc2CN2CCCCC2)c1C. The van der Waals surface area contributed by atoms with Gasteiger partial charge in [-0.05, 0) is 63.0 Å². The molecule has 0 spiro atoms. The number of pyridine rings is 1. The summed E-state index contributed by atoms with van der Waals surface area (Å²) < 4.78 is 0. The van der Waals surface area contributed by atoms with Crippen LogP contribution in [-0.2, 0) is 13.1 Å². The highest BCUT2D eigenvalue weighted by molar-refractivity contribution is 5.56. The van der Waals surface area contributed by atoms with Crippen molar-refractivity contribution in [2.75, 3.05) is 18.4 Å². The molecule has 29 heavy (non-hydrogen) atoms. The standard InChI is InChI=1S/C24H29N5/c1-18-19(2)27-24(22-12-6-7-13-25-22)28-23(18)26-16-20-10-4-5-11-21(20)17-29-14-8-3-9-15-29/h4-7,10-13H,3,8-9,14-17H2,1-2H3,(H,26,27,28). The summed E-state index contributed by atoms with van der Waals surface area (Å²) in [6.45, 7) is 8.29. The van der Waals surface area contributed by atoms with Gasteiger partial charge in [0.1, 0.15) is 11.5 Å². The van der Waals surface area contributed by atoms with Gasteiger partial charge in [-0.15, -0.1) is 0 Å². The lowest BCUT2D eigenvalue weighted by atomic mass is 10.0. The molecule has 3 heterocycles. The van der Waals surface area contributed by atoms with E-state index >= 15 is 0 Å². The molecule has 0 atom stereocenters. The van der Waals surface area contributed by atoms with E-state index in [0.29, 0.717) is 5.82 Å². The van der Waals surface area contributed by atoms with Crippen LogP contribution in [0.5, 0.6) is 0 Å². The summed E-state index contributed by atoms with van der Waals surface area (Å²) in [5.74, 6) is 1.55. The Morgan fingerprint density at radius 3 is 2.41 bits per heavy atom. The molecular formula is C24H29N5. The van der Waals surface area contributed by atoms with Crippen LogP contribution in [0.25, 0.3) is 11.5 Å². The highest BCUT2D eigenvalue weighted by atomic mass is 15.1. The molecule has 0 unspecified atom stereocenters. The number of anilines is 1. The van der Waals surface area contributed by atoms with E-state index in [-0.39, 0.29) is 0 Å². The summed E-state index contributed by atoms with van der Waals surface area (Å²) in [4.78, 5) is 16.4. The van der Waals surface area contributed by atoms with E-state index in [9.17, 15) is 0 Å². The molecule has 0 bridgehead atoms. The Balaban J connectivity index is 1.53. The Labute approximate surface area is 173 Å². The van der Waals surface area contributed by atoms with E-state index in [4.69, 9.17) is 4.98 Å². The Bertz CT molecular complexity index is 949. The molecule has 3 aromatic rings. The van der Waals surface area contributed by atoms with Gasteiger partial charge in [0.05, 0.1) is 0 Å². The van der Waals surface area contributed by atoms with Crippen molar-refractivity contribution in [1.82, 2.24) is 19.9 Å². The summed E-state index contributed by atoms with van der Waals surface area (Å²) in [5.41, 5.74) is 5.58. The lowest BCUT2D eigenvalue weighted by Crippen LogP contribution is -2.29. The first-order chi connectivity index (χ1) is 14.2. The van der Waals surface area contributed by atoms with Gasteiger partial charge in [-0.3, -0.25) is 9.88 Å². The first-order valence-corrected chi connectivity index (χ1v) is 10.5. The number of hydrogen-bond acceptors (Lipinski definition) is 5. The fourth-order valence-electron chi connectivity index (χ4n) is 3.83. The number of nitrogens with one attached hydrogen (secondary N) is 1. The van der Waals surface area contributed by atoms with Gasteiger partial charge in [-0.1, -0.05) is 36.8 Å². The van der Waals surface area contributed by atoms with Gasteiger partial charge in [0.25, 0.3) is 0 Å². The van der Waals surface area contributed by atoms with Crippen LogP contribution in [0.2, 0.25) is 0 Å². The van der Waals surface area contributed by atoms with Gasteiger partial charge in [-0.2, -0.15) is 0 Å². The van der Waals surface area contributed by atoms with Crippen LogP contribution in [-0.4, -0.2) is 32.9 Å². The number of likely N-dealkylation sites (tertiary alicyclic amines) is 1. The second-order valence-electron chi connectivity index (χ2n) is 7.78. The number of aryl methyl sites for hydroxylation is 1. The highest BCUT2D eigenvalue weighted by Crippen LogP contribution is 2.22. The van der Waals surface area contributed by atoms with E-state index in [1.807, 2.05) is 25.1 Å². The van der Waals surface area contributed by atoms with E-state index in [2.05, 4.69) is 51.4 Å². The summed E-state index contributed by atoms with van der Waals surface area (Å²) in [5, 5.41) is 3.56. The van der Waals surface area contributed by atoms with Crippen molar-refractivity contribution in [3.8, 4) is 11.5 Å². The molecular weight excluding hydrogens is 358 g/mol. The number of nitrogens with zero attached hydrogens (tertiary/aromatic N) is 4. The van der Waals surface area contributed by atoms with Crippen molar-refractivity contribution in [2.45, 2.75) is 46.2 Å². The summed E-state index contributed by atoms with van der Waals surface area (Å²) >= 11 is 0. The van der Waals surface area contributed by atoms with E-state index < -0.39 is 0 Å². The number of hydrogen-bond donors (Lipinski definition) is 1. The van der Waals surface area contributed by atoms with Crippen molar-refractivity contribution >= 4 is 5.82 Å². The Morgan fingerprint density at radius 2 is 1.66 bits per heavy atom. The lowest BCUT2D eigenvalue weighted by molar-refractivity contribution is 0.220. The van der Waals surface area contributed by atoms with E-state index in [1.165, 1.54) is 43.5 Å². The predicted octanol–water partition coefficient (Wildman–Crippen LogP) is 4.75. The molecule has 1 saturated heterocycles. The zero-order chi connectivity index (χ0) is 20.1. The molecule has 0 amide bonds. The van der Waals surface area contributed by atoms with Crippen molar-refractivity contribution < 1.29 is 0 Å². The van der Waals surface area contributed by atoms with E-state index in [1.54, 1.807) is 6.20 Å². The van der Waals surface area contributed by atoms with Crippen LogP contribution in [0.15, 0.2) is 48.7 Å². The predicted molar refractivity (Wildman–Crippen MR) is 118 cm³/mol. The maximum atomic E-state index is 4.77. The smallest absolute Gasteiger partial charge is 0.180 e. The molecule has 1 aromatic carbocycles. The third kappa shape index (κ3) is 4.80. The van der Waals surface area contributed by atoms with Crippen molar-refractivity contribution in [2.24, 2.45) is 0 Å². The van der Waals surface area contributed by atoms with Gasteiger partial charge in [-0.25, -0.2) is 9.97 Å². The molecule has 1 fully saturated rings. The normalized spacial score (nSPS) is 14.7. The summed E-state index contributed by atoms with van der Waals surface area (Å²) in [7, 11) is 0. The van der Waals surface area contributed by atoms with Crippen LogP contribution in [0.3, 0.4) is 0 Å². The minimum absolute atomic E-state index is 0.665. The van der Waals surface area contributed by atoms with Crippen LogP contribution >= 0.6 is 0 Å². The monoisotopic (exact) mass is 387 g/mol. The molecule has 1 aliphatic heterocycles. The number of benzene rings is 1. The Kier molecular flexibility index (Phi) is 6.15. The van der Waals surface area contributed by atoms with Gasteiger partial charge in [0.15, 0.2) is 5.82 Å². The Hall–Kier alpha value is -2.79. The first-order valence-electron chi connectivity index (χ1n) is 10.5. The molecule has 0 aliphatic carbocycles. The second kappa shape index (κ2) is 9.14. The quantitative estimate of drug-likeness (QED) is 0.661. The average molecular weight is 388 g/mol. The molecule has 0 saturated carbocycles. The first kappa shape index (κ1) is 19.5. The minimum Gasteiger partial charge on any atom is -0.366 e. The average Bonchev–Trinajstić information content (AvgIpc) is 2.77. The summed E-state index contributed by atoms with van der Waals surface area (Å²) in [6, 6.07) is 14.5. The molecule has 2 aromatic heterocycles. The van der Waals surface area contributed by atoms with Crippen LogP contribution in [0.1, 0.15) is 41.6 Å². The molecule has 4 rings (SSSR count). The lowest BCUT2D eigenvalue weighted by Gasteiger charge is -2.27. The van der Waals surface area contributed by atoms with E-state index in [0.717, 1.165) is 35.9 Å². The fourth-order valence-corrected chi connectivity index (χ4v) is 3.83. The second-order valence-corrected chi connectivity index (χ2v) is 7.78. The van der Waals surface area contributed by atoms with Crippen molar-refractivity contribution in [1.29, 1.82) is 0 Å². The van der Waals surface area contributed by atoms with Crippen molar-refractivity contribution in [3.05, 3.63) is 71.0 Å². The van der Waals surface area contributed by atoms with Gasteiger partial charge >= 0.3 is 0 Å². The zero-order valence-electron chi connectivity index (χ0n) is 17.4. The minimum atomic E-state index is 0.665.